The van der Waals surface area contributed by atoms with Crippen LogP contribution in [0.5, 0.6) is 0 Å². The van der Waals surface area contributed by atoms with Crippen molar-refractivity contribution in [2.24, 2.45) is 0 Å². The molecule has 3 rings (SSSR count). The number of amides is 1. The number of carbonyl (C=O) groups excluding carboxylic acids is 1. The number of nitrogens with one attached hydrogen (secondary N) is 1. The summed E-state index contributed by atoms with van der Waals surface area (Å²) in [6.45, 7) is 4.33. The summed E-state index contributed by atoms with van der Waals surface area (Å²) < 4.78 is 18.1. The molecule has 1 atom stereocenters. The number of nitrogens with zero attached hydrogens (tertiary/aromatic N) is 1. The first-order valence-corrected chi connectivity index (χ1v) is 10.7. The number of oxazole rings is 1. The van der Waals surface area contributed by atoms with E-state index in [1.807, 2.05) is 61.5 Å². The fourth-order valence-electron chi connectivity index (χ4n) is 2.88. The van der Waals surface area contributed by atoms with Crippen molar-refractivity contribution in [1.82, 2.24) is 10.3 Å². The van der Waals surface area contributed by atoms with Crippen LogP contribution in [0.3, 0.4) is 0 Å². The van der Waals surface area contributed by atoms with Gasteiger partial charge >= 0.3 is 0 Å². The maximum absolute atomic E-state index is 12.4. The van der Waals surface area contributed by atoms with Gasteiger partial charge in [-0.2, -0.15) is 0 Å². The third kappa shape index (κ3) is 5.39. The maximum Gasteiger partial charge on any atom is 0.232 e. The SMILES string of the molecule is Cc1ccccc1-c1nc(C[S@@](=O)CC(=O)NCCc2ccccc2)c(C)o1. The summed E-state index contributed by atoms with van der Waals surface area (Å²) in [7, 11) is -1.34. The smallest absolute Gasteiger partial charge is 0.232 e. The van der Waals surface area contributed by atoms with Crippen LogP contribution in [0.4, 0.5) is 0 Å². The van der Waals surface area contributed by atoms with Crippen LogP contribution in [-0.4, -0.2) is 27.4 Å². The Hall–Kier alpha value is -2.73. The van der Waals surface area contributed by atoms with Gasteiger partial charge in [-0.05, 0) is 37.5 Å². The minimum absolute atomic E-state index is 0.0409. The molecule has 0 aliphatic heterocycles. The molecule has 0 radical (unpaired) electrons. The summed E-state index contributed by atoms with van der Waals surface area (Å²) in [5, 5.41) is 2.83. The summed E-state index contributed by atoms with van der Waals surface area (Å²) in [4.78, 5) is 16.5. The minimum atomic E-state index is -1.34. The largest absolute Gasteiger partial charge is 0.441 e. The van der Waals surface area contributed by atoms with Gasteiger partial charge in [-0.25, -0.2) is 4.98 Å². The molecule has 1 heterocycles. The normalized spacial score (nSPS) is 11.9. The van der Waals surface area contributed by atoms with Crippen LogP contribution in [-0.2, 0) is 27.8 Å². The van der Waals surface area contributed by atoms with E-state index in [1.54, 1.807) is 6.92 Å². The summed E-state index contributed by atoms with van der Waals surface area (Å²) >= 11 is 0. The molecule has 1 N–H and O–H groups in total. The molecule has 1 amide bonds. The second-order valence-electron chi connectivity index (χ2n) is 6.65. The van der Waals surface area contributed by atoms with Crippen molar-refractivity contribution < 1.29 is 13.4 Å². The van der Waals surface area contributed by atoms with Crippen LogP contribution in [0.2, 0.25) is 0 Å². The van der Waals surface area contributed by atoms with Gasteiger partial charge < -0.3 is 9.73 Å². The van der Waals surface area contributed by atoms with Gasteiger partial charge in [0.2, 0.25) is 11.8 Å². The molecule has 0 spiro atoms. The average Bonchev–Trinajstić information content (AvgIpc) is 3.03. The average molecular weight is 397 g/mol. The van der Waals surface area contributed by atoms with E-state index in [2.05, 4.69) is 10.3 Å². The first-order valence-electron chi connectivity index (χ1n) is 9.21. The second kappa shape index (κ2) is 9.46. The predicted molar refractivity (Wildman–Crippen MR) is 111 cm³/mol. The molecule has 5 nitrogen and oxygen atoms in total. The molecule has 0 aliphatic rings. The zero-order valence-corrected chi connectivity index (χ0v) is 16.9. The Morgan fingerprint density at radius 2 is 1.79 bits per heavy atom. The lowest BCUT2D eigenvalue weighted by atomic mass is 10.1. The first kappa shape index (κ1) is 20.0. The molecule has 146 valence electrons. The van der Waals surface area contributed by atoms with E-state index in [4.69, 9.17) is 4.42 Å². The van der Waals surface area contributed by atoms with Crippen molar-refractivity contribution in [2.45, 2.75) is 26.0 Å². The summed E-state index contributed by atoms with van der Waals surface area (Å²) in [5.41, 5.74) is 3.77. The van der Waals surface area contributed by atoms with Gasteiger partial charge in [0.05, 0.1) is 11.4 Å². The maximum atomic E-state index is 12.4. The molecule has 28 heavy (non-hydrogen) atoms. The van der Waals surface area contributed by atoms with E-state index >= 15 is 0 Å². The van der Waals surface area contributed by atoms with Gasteiger partial charge in [-0.15, -0.1) is 0 Å². The van der Waals surface area contributed by atoms with Crippen LogP contribution in [0.25, 0.3) is 11.5 Å². The molecule has 0 fully saturated rings. The monoisotopic (exact) mass is 396 g/mol. The molecule has 6 heteroatoms. The second-order valence-corrected chi connectivity index (χ2v) is 8.11. The number of aromatic nitrogens is 1. The molecule has 1 aromatic heterocycles. The number of benzene rings is 2. The molecule has 0 aliphatic carbocycles. The van der Waals surface area contributed by atoms with Crippen molar-refractivity contribution in [2.75, 3.05) is 12.3 Å². The lowest BCUT2D eigenvalue weighted by Gasteiger charge is -2.05. The van der Waals surface area contributed by atoms with E-state index in [0.717, 1.165) is 23.1 Å². The van der Waals surface area contributed by atoms with Gasteiger partial charge in [0.15, 0.2) is 0 Å². The lowest BCUT2D eigenvalue weighted by molar-refractivity contribution is -0.118. The van der Waals surface area contributed by atoms with Gasteiger partial charge in [0, 0.05) is 22.9 Å². The first-order chi connectivity index (χ1) is 13.5. The van der Waals surface area contributed by atoms with E-state index in [9.17, 15) is 9.00 Å². The van der Waals surface area contributed by atoms with Crippen LogP contribution in [0.15, 0.2) is 59.0 Å². The van der Waals surface area contributed by atoms with Gasteiger partial charge in [0.25, 0.3) is 0 Å². The zero-order chi connectivity index (χ0) is 19.9. The van der Waals surface area contributed by atoms with Crippen molar-refractivity contribution >= 4 is 16.7 Å². The van der Waals surface area contributed by atoms with Crippen molar-refractivity contribution in [1.29, 1.82) is 0 Å². The van der Waals surface area contributed by atoms with Gasteiger partial charge in [0.1, 0.15) is 11.5 Å². The fraction of sp³-hybridized carbons (Fsp3) is 0.273. The Morgan fingerprint density at radius 1 is 1.07 bits per heavy atom. The number of aryl methyl sites for hydroxylation is 2. The fourth-order valence-corrected chi connectivity index (χ4v) is 3.95. The summed E-state index contributed by atoms with van der Waals surface area (Å²) in [6.07, 6.45) is 0.751. The van der Waals surface area contributed by atoms with E-state index in [1.165, 1.54) is 0 Å². The number of carbonyl (C=O) groups is 1. The standard InChI is InChI=1S/C22H24N2O3S/c1-16-8-6-7-11-19(16)22-24-20(17(2)27-22)14-28(26)15-21(25)23-13-12-18-9-4-3-5-10-18/h3-11H,12-15H2,1-2H3,(H,23,25)/t28-/m1/s1. The quantitative estimate of drug-likeness (QED) is 0.632. The Kier molecular flexibility index (Phi) is 6.76. The molecule has 0 saturated heterocycles. The van der Waals surface area contributed by atoms with E-state index in [-0.39, 0.29) is 17.4 Å². The highest BCUT2D eigenvalue weighted by Gasteiger charge is 2.16. The Morgan fingerprint density at radius 3 is 2.54 bits per heavy atom. The zero-order valence-electron chi connectivity index (χ0n) is 16.1. The van der Waals surface area contributed by atoms with Crippen LogP contribution < -0.4 is 5.32 Å². The minimum Gasteiger partial charge on any atom is -0.441 e. The van der Waals surface area contributed by atoms with Crippen LogP contribution >= 0.6 is 0 Å². The number of hydrogen-bond donors (Lipinski definition) is 1. The molecular weight excluding hydrogens is 372 g/mol. The molecule has 0 unspecified atom stereocenters. The van der Waals surface area contributed by atoms with Crippen molar-refractivity contribution in [3.8, 4) is 11.5 Å². The third-order valence-corrected chi connectivity index (χ3v) is 5.62. The lowest BCUT2D eigenvalue weighted by Crippen LogP contribution is -2.30. The van der Waals surface area contributed by atoms with Gasteiger partial charge in [-0.3, -0.25) is 9.00 Å². The Balaban J connectivity index is 1.52. The van der Waals surface area contributed by atoms with Crippen molar-refractivity contribution in [3.05, 3.63) is 77.2 Å². The Bertz CT molecular complexity index is 967. The highest BCUT2D eigenvalue weighted by Crippen LogP contribution is 2.25. The highest BCUT2D eigenvalue weighted by atomic mass is 32.2. The highest BCUT2D eigenvalue weighted by molar-refractivity contribution is 7.84. The molecule has 0 saturated carbocycles. The topological polar surface area (TPSA) is 72.2 Å². The van der Waals surface area contributed by atoms with Gasteiger partial charge in [-0.1, -0.05) is 48.5 Å². The number of rotatable bonds is 8. The van der Waals surface area contributed by atoms with E-state index in [0.29, 0.717) is 23.9 Å². The molecular formula is C22H24N2O3S. The van der Waals surface area contributed by atoms with Crippen LogP contribution in [0.1, 0.15) is 22.6 Å². The molecule has 2 aromatic carbocycles. The van der Waals surface area contributed by atoms with Crippen molar-refractivity contribution in [3.63, 3.8) is 0 Å². The summed E-state index contributed by atoms with van der Waals surface area (Å²) in [6, 6.07) is 17.8. The third-order valence-electron chi connectivity index (χ3n) is 4.44. The number of hydrogen-bond acceptors (Lipinski definition) is 4. The molecule has 0 bridgehead atoms. The summed E-state index contributed by atoms with van der Waals surface area (Å²) in [5.74, 6) is 1.11. The Labute approximate surface area is 167 Å². The predicted octanol–water partition coefficient (Wildman–Crippen LogP) is 3.57. The van der Waals surface area contributed by atoms with E-state index < -0.39 is 10.8 Å². The molecule has 3 aromatic rings. The van der Waals surface area contributed by atoms with Crippen LogP contribution in [0, 0.1) is 13.8 Å².